The van der Waals surface area contributed by atoms with Gasteiger partial charge < -0.3 is 4.74 Å². The number of hydrogen-bond acceptors (Lipinski definition) is 6. The lowest BCUT2D eigenvalue weighted by Gasteiger charge is -2.14. The topological polar surface area (TPSA) is 90.0 Å². The molecule has 0 aliphatic heterocycles. The van der Waals surface area contributed by atoms with E-state index in [0.29, 0.717) is 4.47 Å². The average Bonchev–Trinajstić information content (AvgIpc) is 2.65. The number of hydrogen-bond donors (Lipinski definition) is 0. The first-order valence-corrected chi connectivity index (χ1v) is 9.17. The first kappa shape index (κ1) is 20.1. The van der Waals surface area contributed by atoms with Crippen molar-refractivity contribution >= 4 is 33.4 Å². The SMILES string of the molecule is CON(C)S(=O)(=O)c1cccc(C(=O)OCC(=O)c2ccccc2Cl)c1. The minimum atomic E-state index is -3.91. The second kappa shape index (κ2) is 8.41. The molecule has 0 spiro atoms. The fourth-order valence-corrected chi connectivity index (χ4v) is 3.27. The molecule has 0 heterocycles. The second-order valence-corrected chi connectivity index (χ2v) is 7.45. The lowest BCUT2D eigenvalue weighted by Crippen LogP contribution is -2.26. The smallest absolute Gasteiger partial charge is 0.338 e. The number of nitrogens with zero attached hydrogens (tertiary/aromatic N) is 1. The number of halogens is 1. The Balaban J connectivity index is 2.12. The van der Waals surface area contributed by atoms with Crippen LogP contribution in [0.4, 0.5) is 0 Å². The van der Waals surface area contributed by atoms with Crippen LogP contribution in [-0.4, -0.2) is 45.4 Å². The van der Waals surface area contributed by atoms with E-state index in [2.05, 4.69) is 4.84 Å². The Morgan fingerprint density at radius 2 is 1.81 bits per heavy atom. The van der Waals surface area contributed by atoms with Gasteiger partial charge in [0.1, 0.15) is 0 Å². The van der Waals surface area contributed by atoms with Crippen LogP contribution in [0.2, 0.25) is 5.02 Å². The lowest BCUT2D eigenvalue weighted by atomic mass is 10.1. The Morgan fingerprint density at radius 3 is 2.46 bits per heavy atom. The normalized spacial score (nSPS) is 11.4. The summed E-state index contributed by atoms with van der Waals surface area (Å²) < 4.78 is 30.0. The highest BCUT2D eigenvalue weighted by Crippen LogP contribution is 2.18. The Labute approximate surface area is 156 Å². The van der Waals surface area contributed by atoms with Gasteiger partial charge in [-0.3, -0.25) is 9.63 Å². The maximum Gasteiger partial charge on any atom is 0.338 e. The summed E-state index contributed by atoms with van der Waals surface area (Å²) >= 11 is 5.92. The predicted molar refractivity (Wildman–Crippen MR) is 94.5 cm³/mol. The zero-order valence-corrected chi connectivity index (χ0v) is 15.6. The van der Waals surface area contributed by atoms with E-state index in [0.717, 1.165) is 6.07 Å². The minimum Gasteiger partial charge on any atom is -0.454 e. The average molecular weight is 398 g/mol. The van der Waals surface area contributed by atoms with Gasteiger partial charge in [-0.05, 0) is 30.3 Å². The van der Waals surface area contributed by atoms with Gasteiger partial charge in [0, 0.05) is 12.6 Å². The van der Waals surface area contributed by atoms with Crippen molar-refractivity contribution in [2.45, 2.75) is 4.90 Å². The first-order valence-electron chi connectivity index (χ1n) is 7.35. The number of rotatable bonds is 7. The summed E-state index contributed by atoms with van der Waals surface area (Å²) in [5.41, 5.74) is 0.225. The molecule has 0 amide bonds. The lowest BCUT2D eigenvalue weighted by molar-refractivity contribution is -0.0258. The highest BCUT2D eigenvalue weighted by Gasteiger charge is 2.22. The van der Waals surface area contributed by atoms with Crippen LogP contribution in [0.5, 0.6) is 0 Å². The molecule has 0 saturated heterocycles. The highest BCUT2D eigenvalue weighted by atomic mass is 35.5. The summed E-state index contributed by atoms with van der Waals surface area (Å²) in [6.07, 6.45) is 0. The molecule has 138 valence electrons. The number of Topliss-reactive ketones (excluding diaryl/α,β-unsaturated/α-hetero) is 1. The molecule has 9 heteroatoms. The van der Waals surface area contributed by atoms with Crippen molar-refractivity contribution in [2.24, 2.45) is 0 Å². The molecule has 0 atom stereocenters. The van der Waals surface area contributed by atoms with Crippen molar-refractivity contribution in [1.29, 1.82) is 0 Å². The maximum atomic E-state index is 12.2. The van der Waals surface area contributed by atoms with E-state index in [9.17, 15) is 18.0 Å². The largest absolute Gasteiger partial charge is 0.454 e. The molecule has 0 N–H and O–H groups in total. The minimum absolute atomic E-state index is 0.0115. The van der Waals surface area contributed by atoms with Gasteiger partial charge in [0.05, 0.1) is 22.6 Å². The quantitative estimate of drug-likeness (QED) is 0.405. The fourth-order valence-electron chi connectivity index (χ4n) is 2.01. The molecule has 2 aromatic carbocycles. The van der Waals surface area contributed by atoms with E-state index in [1.54, 1.807) is 18.2 Å². The Hall–Kier alpha value is -2.26. The molecular weight excluding hydrogens is 382 g/mol. The van der Waals surface area contributed by atoms with Crippen LogP contribution in [0.25, 0.3) is 0 Å². The molecule has 26 heavy (non-hydrogen) atoms. The Morgan fingerprint density at radius 1 is 1.12 bits per heavy atom. The van der Waals surface area contributed by atoms with Gasteiger partial charge in [-0.2, -0.15) is 0 Å². The molecule has 0 unspecified atom stereocenters. The molecule has 2 rings (SSSR count). The van der Waals surface area contributed by atoms with Crippen LogP contribution in [0.1, 0.15) is 20.7 Å². The molecule has 0 aromatic heterocycles. The zero-order chi connectivity index (χ0) is 19.3. The van der Waals surface area contributed by atoms with Crippen LogP contribution in [0.15, 0.2) is 53.4 Å². The molecule has 0 aliphatic carbocycles. The molecule has 0 aliphatic rings. The Bertz CT molecular complexity index is 928. The number of ether oxygens (including phenoxy) is 1. The van der Waals surface area contributed by atoms with Crippen molar-refractivity contribution in [3.63, 3.8) is 0 Å². The van der Waals surface area contributed by atoms with Gasteiger partial charge in [-0.15, -0.1) is 0 Å². The zero-order valence-electron chi connectivity index (χ0n) is 14.0. The second-order valence-electron chi connectivity index (χ2n) is 5.10. The predicted octanol–water partition coefficient (Wildman–Crippen LogP) is 2.56. The monoisotopic (exact) mass is 397 g/mol. The van der Waals surface area contributed by atoms with Gasteiger partial charge in [0.15, 0.2) is 6.61 Å². The van der Waals surface area contributed by atoms with E-state index in [-0.39, 0.29) is 21.0 Å². The van der Waals surface area contributed by atoms with Crippen LogP contribution in [0, 0.1) is 0 Å². The molecule has 0 saturated carbocycles. The van der Waals surface area contributed by atoms with Gasteiger partial charge in [-0.25, -0.2) is 13.2 Å². The van der Waals surface area contributed by atoms with Crippen molar-refractivity contribution < 1.29 is 27.6 Å². The first-order chi connectivity index (χ1) is 12.3. The van der Waals surface area contributed by atoms with E-state index < -0.39 is 28.4 Å². The van der Waals surface area contributed by atoms with E-state index in [4.69, 9.17) is 16.3 Å². The van der Waals surface area contributed by atoms with Gasteiger partial charge in [-0.1, -0.05) is 34.3 Å². The molecule has 7 nitrogen and oxygen atoms in total. The third-order valence-electron chi connectivity index (χ3n) is 3.47. The molecule has 0 fully saturated rings. The van der Waals surface area contributed by atoms with E-state index in [1.165, 1.54) is 38.4 Å². The van der Waals surface area contributed by atoms with Crippen LogP contribution in [0.3, 0.4) is 0 Å². The standard InChI is InChI=1S/C17H16ClNO6S/c1-19(24-2)26(22,23)13-7-5-6-12(10-13)17(21)25-11-16(20)14-8-3-4-9-15(14)18/h3-10H,11H2,1-2H3. The van der Waals surface area contributed by atoms with Crippen molar-refractivity contribution in [3.05, 3.63) is 64.7 Å². The Kier molecular flexibility index (Phi) is 6.49. The van der Waals surface area contributed by atoms with Crippen LogP contribution >= 0.6 is 11.6 Å². The van der Waals surface area contributed by atoms with Gasteiger partial charge >= 0.3 is 5.97 Å². The summed E-state index contributed by atoms with van der Waals surface area (Å²) in [6, 6.07) is 11.6. The number of esters is 1. The van der Waals surface area contributed by atoms with Crippen LogP contribution in [-0.2, 0) is 19.6 Å². The summed E-state index contributed by atoms with van der Waals surface area (Å²) in [4.78, 5) is 28.7. The van der Waals surface area contributed by atoms with Gasteiger partial charge in [0.2, 0.25) is 5.78 Å². The number of ketones is 1. The summed E-state index contributed by atoms with van der Waals surface area (Å²) in [5.74, 6) is -1.30. The van der Waals surface area contributed by atoms with Crippen molar-refractivity contribution in [1.82, 2.24) is 4.47 Å². The summed E-state index contributed by atoms with van der Waals surface area (Å²) in [5, 5.41) is 0.254. The number of hydroxylamine groups is 1. The third-order valence-corrected chi connectivity index (χ3v) is 5.48. The summed E-state index contributed by atoms with van der Waals surface area (Å²) in [7, 11) is -1.48. The number of carbonyl (C=O) groups excluding carboxylic acids is 2. The maximum absolute atomic E-state index is 12.2. The number of sulfonamides is 1. The third kappa shape index (κ3) is 4.47. The molecule has 0 radical (unpaired) electrons. The number of carbonyl (C=O) groups is 2. The van der Waals surface area contributed by atoms with E-state index >= 15 is 0 Å². The van der Waals surface area contributed by atoms with Crippen molar-refractivity contribution in [2.75, 3.05) is 20.8 Å². The summed E-state index contributed by atoms with van der Waals surface area (Å²) in [6.45, 7) is -0.516. The molecule has 2 aromatic rings. The molecule has 0 bridgehead atoms. The van der Waals surface area contributed by atoms with Crippen molar-refractivity contribution in [3.8, 4) is 0 Å². The highest BCUT2D eigenvalue weighted by molar-refractivity contribution is 7.89. The van der Waals surface area contributed by atoms with E-state index in [1.807, 2.05) is 0 Å². The number of benzene rings is 2. The van der Waals surface area contributed by atoms with Gasteiger partial charge in [0.25, 0.3) is 10.0 Å². The molecular formula is C17H16ClNO6S. The van der Waals surface area contributed by atoms with Crippen LogP contribution < -0.4 is 0 Å². The fraction of sp³-hybridized carbons (Fsp3) is 0.176.